The number of aromatic nitrogens is 5. The van der Waals surface area contributed by atoms with E-state index in [4.69, 9.17) is 9.84 Å². The summed E-state index contributed by atoms with van der Waals surface area (Å²) >= 11 is 0. The highest BCUT2D eigenvalue weighted by molar-refractivity contribution is 5.38. The lowest BCUT2D eigenvalue weighted by molar-refractivity contribution is -0.0148. The molecule has 1 aliphatic rings. The van der Waals surface area contributed by atoms with Gasteiger partial charge in [0.1, 0.15) is 12.2 Å². The quantitative estimate of drug-likeness (QED) is 0.695. The minimum atomic E-state index is 0.165. The topological polar surface area (TPSA) is 61.0 Å². The zero-order chi connectivity index (χ0) is 18.8. The van der Waals surface area contributed by atoms with Gasteiger partial charge in [0.2, 0.25) is 0 Å². The second kappa shape index (κ2) is 7.62. The zero-order valence-corrected chi connectivity index (χ0v) is 16.2. The van der Waals surface area contributed by atoms with E-state index >= 15 is 0 Å². The van der Waals surface area contributed by atoms with Gasteiger partial charge < -0.3 is 4.74 Å². The Morgan fingerprint density at radius 2 is 2.00 bits per heavy atom. The van der Waals surface area contributed by atoms with E-state index in [1.165, 1.54) is 5.56 Å². The van der Waals surface area contributed by atoms with Crippen molar-refractivity contribution >= 4 is 0 Å². The Balaban J connectivity index is 1.67. The molecule has 7 nitrogen and oxygen atoms in total. The first-order valence-corrected chi connectivity index (χ1v) is 9.49. The number of benzene rings is 1. The van der Waals surface area contributed by atoms with Crippen LogP contribution >= 0.6 is 0 Å². The van der Waals surface area contributed by atoms with E-state index in [2.05, 4.69) is 47.9 Å². The van der Waals surface area contributed by atoms with Gasteiger partial charge in [-0.05, 0) is 32.9 Å². The van der Waals surface area contributed by atoms with Crippen molar-refractivity contribution in [1.29, 1.82) is 0 Å². The first kappa shape index (κ1) is 17.9. The average molecular weight is 366 g/mol. The van der Waals surface area contributed by atoms with Crippen molar-refractivity contribution in [3.63, 3.8) is 0 Å². The fourth-order valence-electron chi connectivity index (χ4n) is 3.91. The van der Waals surface area contributed by atoms with Crippen molar-refractivity contribution in [1.82, 2.24) is 29.4 Å². The van der Waals surface area contributed by atoms with Gasteiger partial charge in [-0.3, -0.25) is 4.90 Å². The third-order valence-corrected chi connectivity index (χ3v) is 5.26. The smallest absolute Gasteiger partial charge is 0.141 e. The summed E-state index contributed by atoms with van der Waals surface area (Å²) in [6, 6.07) is 10.4. The molecule has 1 fully saturated rings. The van der Waals surface area contributed by atoms with E-state index in [1.54, 1.807) is 6.33 Å². The number of morpholine rings is 1. The lowest BCUT2D eigenvalue weighted by atomic mass is 10.0. The summed E-state index contributed by atoms with van der Waals surface area (Å²) in [6.45, 7) is 10.2. The fraction of sp³-hybridized carbons (Fsp3) is 0.450. The minimum absolute atomic E-state index is 0.165. The van der Waals surface area contributed by atoms with E-state index in [1.807, 2.05) is 27.6 Å². The van der Waals surface area contributed by atoms with E-state index in [-0.39, 0.29) is 6.04 Å². The zero-order valence-electron chi connectivity index (χ0n) is 16.2. The number of nitrogens with zero attached hydrogens (tertiary/aromatic N) is 6. The third kappa shape index (κ3) is 3.40. The maximum atomic E-state index is 5.85. The Morgan fingerprint density at radius 3 is 2.78 bits per heavy atom. The molecule has 1 unspecified atom stereocenters. The van der Waals surface area contributed by atoms with Crippen molar-refractivity contribution in [3.8, 4) is 5.69 Å². The number of hydrogen-bond donors (Lipinski definition) is 0. The third-order valence-electron chi connectivity index (χ3n) is 5.26. The maximum Gasteiger partial charge on any atom is 0.141 e. The summed E-state index contributed by atoms with van der Waals surface area (Å²) in [5.41, 5.74) is 4.55. The SMILES string of the molecule is CCn1ncnc1CN1CCOCC1c1c(C)nn(-c2ccccc2)c1C. The molecule has 27 heavy (non-hydrogen) atoms. The van der Waals surface area contributed by atoms with Crippen molar-refractivity contribution < 1.29 is 4.74 Å². The van der Waals surface area contributed by atoms with Gasteiger partial charge in [-0.2, -0.15) is 10.2 Å². The molecular formula is C20H26N6O. The van der Waals surface area contributed by atoms with Gasteiger partial charge >= 0.3 is 0 Å². The Bertz CT molecular complexity index is 901. The predicted molar refractivity (Wildman–Crippen MR) is 103 cm³/mol. The largest absolute Gasteiger partial charge is 0.378 e. The van der Waals surface area contributed by atoms with Gasteiger partial charge in [-0.15, -0.1) is 0 Å². The summed E-state index contributed by atoms with van der Waals surface area (Å²) < 4.78 is 9.84. The number of para-hydroxylation sites is 1. The van der Waals surface area contributed by atoms with Crippen LogP contribution in [0, 0.1) is 13.8 Å². The number of rotatable bonds is 5. The van der Waals surface area contributed by atoms with E-state index in [0.29, 0.717) is 6.61 Å². The Kier molecular flexibility index (Phi) is 5.05. The number of hydrogen-bond acceptors (Lipinski definition) is 5. The van der Waals surface area contributed by atoms with Crippen LogP contribution in [-0.2, 0) is 17.8 Å². The molecule has 1 atom stereocenters. The molecule has 3 heterocycles. The Hall–Kier alpha value is -2.51. The Morgan fingerprint density at radius 1 is 1.19 bits per heavy atom. The predicted octanol–water partition coefficient (Wildman–Crippen LogP) is 2.67. The van der Waals surface area contributed by atoms with Gasteiger partial charge in [0.25, 0.3) is 0 Å². The molecule has 0 saturated carbocycles. The molecule has 1 aliphatic heterocycles. The van der Waals surface area contributed by atoms with Crippen LogP contribution in [0.3, 0.4) is 0 Å². The van der Waals surface area contributed by atoms with Crippen LogP contribution in [-0.4, -0.2) is 49.2 Å². The summed E-state index contributed by atoms with van der Waals surface area (Å²) in [5, 5.41) is 9.13. The fourth-order valence-corrected chi connectivity index (χ4v) is 3.91. The van der Waals surface area contributed by atoms with Crippen LogP contribution in [0.25, 0.3) is 5.69 Å². The highest BCUT2D eigenvalue weighted by atomic mass is 16.5. The van der Waals surface area contributed by atoms with Gasteiger partial charge in [-0.1, -0.05) is 18.2 Å². The normalized spacial score (nSPS) is 18.1. The molecule has 142 valence electrons. The van der Waals surface area contributed by atoms with Crippen LogP contribution in [0.15, 0.2) is 36.7 Å². The summed E-state index contributed by atoms with van der Waals surface area (Å²) in [7, 11) is 0. The summed E-state index contributed by atoms with van der Waals surface area (Å²) in [4.78, 5) is 6.89. The van der Waals surface area contributed by atoms with E-state index < -0.39 is 0 Å². The van der Waals surface area contributed by atoms with Crippen LogP contribution in [0.1, 0.15) is 35.7 Å². The lowest BCUT2D eigenvalue weighted by Crippen LogP contribution is -2.40. The van der Waals surface area contributed by atoms with Crippen LogP contribution < -0.4 is 0 Å². The Labute approximate surface area is 159 Å². The second-order valence-corrected chi connectivity index (χ2v) is 6.89. The molecule has 1 aromatic carbocycles. The van der Waals surface area contributed by atoms with Crippen LogP contribution in [0.5, 0.6) is 0 Å². The molecular weight excluding hydrogens is 340 g/mol. The summed E-state index contributed by atoms with van der Waals surface area (Å²) in [6.07, 6.45) is 1.64. The van der Waals surface area contributed by atoms with Crippen molar-refractivity contribution in [2.24, 2.45) is 0 Å². The standard InChI is InChI=1S/C20H26N6O/c1-4-25-19(21-14-22-25)12-24-10-11-27-13-18(24)20-15(2)23-26(16(20)3)17-8-6-5-7-9-17/h5-9,14,18H,4,10-13H2,1-3H3. The monoisotopic (exact) mass is 366 g/mol. The minimum Gasteiger partial charge on any atom is -0.378 e. The molecule has 7 heteroatoms. The van der Waals surface area contributed by atoms with Gasteiger partial charge in [0, 0.05) is 24.3 Å². The van der Waals surface area contributed by atoms with Gasteiger partial charge in [-0.25, -0.2) is 14.3 Å². The van der Waals surface area contributed by atoms with Crippen molar-refractivity contribution in [2.45, 2.75) is 39.9 Å². The molecule has 1 saturated heterocycles. The highest BCUT2D eigenvalue weighted by Crippen LogP contribution is 2.31. The first-order valence-electron chi connectivity index (χ1n) is 9.49. The molecule has 0 bridgehead atoms. The highest BCUT2D eigenvalue weighted by Gasteiger charge is 2.30. The lowest BCUT2D eigenvalue weighted by Gasteiger charge is -2.35. The van der Waals surface area contributed by atoms with Crippen molar-refractivity contribution in [3.05, 3.63) is 59.4 Å². The molecule has 0 amide bonds. The second-order valence-electron chi connectivity index (χ2n) is 6.89. The molecule has 0 radical (unpaired) electrons. The molecule has 0 N–H and O–H groups in total. The van der Waals surface area contributed by atoms with Gasteiger partial charge in [0.15, 0.2) is 0 Å². The molecule has 3 aromatic rings. The van der Waals surface area contributed by atoms with E-state index in [9.17, 15) is 0 Å². The van der Waals surface area contributed by atoms with Crippen molar-refractivity contribution in [2.75, 3.05) is 19.8 Å². The van der Waals surface area contributed by atoms with Gasteiger partial charge in [0.05, 0.1) is 37.2 Å². The van der Waals surface area contributed by atoms with E-state index in [0.717, 1.165) is 49.1 Å². The van der Waals surface area contributed by atoms with Crippen LogP contribution in [0.2, 0.25) is 0 Å². The summed E-state index contributed by atoms with van der Waals surface area (Å²) in [5.74, 6) is 0.996. The maximum absolute atomic E-state index is 5.85. The van der Waals surface area contributed by atoms with Crippen LogP contribution in [0.4, 0.5) is 0 Å². The molecule has 2 aromatic heterocycles. The molecule has 0 aliphatic carbocycles. The molecule has 0 spiro atoms. The average Bonchev–Trinajstić information content (AvgIpc) is 3.26. The first-order chi connectivity index (χ1) is 13.2. The molecule has 4 rings (SSSR count). The number of ether oxygens (including phenoxy) is 1. The number of aryl methyl sites for hydroxylation is 2.